The topological polar surface area (TPSA) is 48.5 Å². The summed E-state index contributed by atoms with van der Waals surface area (Å²) in [6.45, 7) is 14.6. The second kappa shape index (κ2) is 12.2. The highest BCUT2D eigenvalue weighted by atomic mass is 15.2. The molecule has 0 spiro atoms. The third-order valence-corrected chi connectivity index (χ3v) is 13.6. The van der Waals surface area contributed by atoms with Gasteiger partial charge in [-0.1, -0.05) is 157 Å². The van der Waals surface area contributed by atoms with Gasteiger partial charge in [0.2, 0.25) is 5.95 Å². The van der Waals surface area contributed by atoms with Gasteiger partial charge in [0.25, 0.3) is 0 Å². The van der Waals surface area contributed by atoms with Crippen molar-refractivity contribution in [3.05, 3.63) is 163 Å². The lowest BCUT2D eigenvalue weighted by Gasteiger charge is -2.53. The van der Waals surface area contributed by atoms with Crippen molar-refractivity contribution in [3.8, 4) is 34.4 Å². The summed E-state index contributed by atoms with van der Waals surface area (Å²) in [5.74, 6) is 1.86. The van der Waals surface area contributed by atoms with Gasteiger partial charge < -0.3 is 4.57 Å². The second-order valence-corrected chi connectivity index (χ2v) is 18.1. The van der Waals surface area contributed by atoms with E-state index in [2.05, 4.69) is 166 Å². The zero-order chi connectivity index (χ0) is 39.6. The number of para-hydroxylation sites is 1. The highest BCUT2D eigenvalue weighted by Crippen LogP contribution is 2.56. The third-order valence-electron chi connectivity index (χ3n) is 13.6. The molecular weight excluding hydrogens is 707 g/mol. The van der Waals surface area contributed by atoms with E-state index < -0.39 is 0 Å². The fourth-order valence-electron chi connectivity index (χ4n) is 10.2. The molecule has 1 aliphatic carbocycles. The molecule has 0 aliphatic heterocycles. The molecule has 0 N–H and O–H groups in total. The number of hydrogen-bond donors (Lipinski definition) is 0. The molecule has 282 valence electrons. The Labute approximate surface area is 338 Å². The number of fused-ring (bicyclic) bond motifs is 9. The zero-order valence-corrected chi connectivity index (χ0v) is 33.9. The van der Waals surface area contributed by atoms with Gasteiger partial charge in [0.15, 0.2) is 11.6 Å². The number of hydrogen-bond acceptors (Lipinski definition) is 3. The van der Waals surface area contributed by atoms with Crippen LogP contribution in [0.3, 0.4) is 0 Å². The van der Waals surface area contributed by atoms with Crippen LogP contribution < -0.4 is 0 Å². The maximum atomic E-state index is 5.28. The van der Waals surface area contributed by atoms with E-state index >= 15 is 0 Å². The van der Waals surface area contributed by atoms with Crippen molar-refractivity contribution < 1.29 is 0 Å². The van der Waals surface area contributed by atoms with Crippen LogP contribution in [-0.4, -0.2) is 24.1 Å². The first-order valence-corrected chi connectivity index (χ1v) is 20.4. The van der Waals surface area contributed by atoms with E-state index in [0.29, 0.717) is 17.6 Å². The van der Waals surface area contributed by atoms with Crippen LogP contribution in [0.5, 0.6) is 0 Å². The quantitative estimate of drug-likeness (QED) is 0.180. The predicted octanol–water partition coefficient (Wildman–Crippen LogP) is 13.5. The predicted molar refractivity (Wildman–Crippen MR) is 241 cm³/mol. The minimum absolute atomic E-state index is 0.0233. The Kier molecular flexibility index (Phi) is 7.29. The fourth-order valence-corrected chi connectivity index (χ4v) is 10.2. The van der Waals surface area contributed by atoms with Gasteiger partial charge in [0, 0.05) is 38.4 Å². The van der Waals surface area contributed by atoms with Crippen LogP contribution in [0.4, 0.5) is 0 Å². The molecule has 0 atom stereocenters. The summed E-state index contributed by atoms with van der Waals surface area (Å²) in [4.78, 5) is 15.6. The average Bonchev–Trinajstić information content (AvgIpc) is 3.74. The van der Waals surface area contributed by atoms with Gasteiger partial charge >= 0.3 is 0 Å². The monoisotopic (exact) mass is 751 g/mol. The average molecular weight is 752 g/mol. The van der Waals surface area contributed by atoms with Crippen molar-refractivity contribution in [1.82, 2.24) is 24.1 Å². The van der Waals surface area contributed by atoms with E-state index in [4.69, 9.17) is 15.0 Å². The molecule has 0 saturated heterocycles. The van der Waals surface area contributed by atoms with Gasteiger partial charge in [-0.25, -0.2) is 4.98 Å². The van der Waals surface area contributed by atoms with E-state index in [0.717, 1.165) is 34.1 Å². The fraction of sp³-hybridized carbons (Fsp3) is 0.189. The Morgan fingerprint density at radius 1 is 0.448 bits per heavy atom. The minimum Gasteiger partial charge on any atom is -0.309 e. The first-order valence-electron chi connectivity index (χ1n) is 20.4. The molecule has 3 heterocycles. The number of benzene rings is 7. The Bertz CT molecular complexity index is 3220. The molecule has 0 amide bonds. The molecule has 58 heavy (non-hydrogen) atoms. The Morgan fingerprint density at radius 3 is 1.78 bits per heavy atom. The molecular formula is C53H45N5. The van der Waals surface area contributed by atoms with E-state index in [9.17, 15) is 0 Å². The van der Waals surface area contributed by atoms with Crippen LogP contribution >= 0.6 is 0 Å². The Morgan fingerprint density at radius 2 is 1.07 bits per heavy atom. The molecule has 10 aromatic rings. The highest BCUT2D eigenvalue weighted by molar-refractivity contribution is 6.25. The summed E-state index contributed by atoms with van der Waals surface area (Å²) >= 11 is 0. The molecule has 5 heteroatoms. The van der Waals surface area contributed by atoms with Crippen LogP contribution in [0.2, 0.25) is 0 Å². The number of aromatic nitrogens is 5. The molecule has 11 rings (SSSR count). The summed E-state index contributed by atoms with van der Waals surface area (Å²) in [6, 6.07) is 54.5. The minimum atomic E-state index is 0.0233. The SMILES string of the molecule is CC1(C)CC(C)(C)C(C)(C)c2ccc(-n3c4ccccc4c4cc5c6c7ccccc7ccc6n(-c6nc(-c7ccccc7)nc(-c7ccccc7)n6)c5cc43)cc21. The van der Waals surface area contributed by atoms with Crippen molar-refractivity contribution in [2.45, 2.75) is 58.8 Å². The Hall–Kier alpha value is -6.59. The molecule has 0 unspecified atom stereocenters. The summed E-state index contributed by atoms with van der Waals surface area (Å²) < 4.78 is 4.74. The molecule has 5 nitrogen and oxygen atoms in total. The first kappa shape index (κ1) is 34.6. The van der Waals surface area contributed by atoms with Crippen molar-refractivity contribution in [2.24, 2.45) is 5.41 Å². The smallest absolute Gasteiger partial charge is 0.238 e. The third kappa shape index (κ3) is 4.98. The summed E-state index contributed by atoms with van der Waals surface area (Å²) in [5.41, 5.74) is 10.6. The van der Waals surface area contributed by atoms with Gasteiger partial charge in [-0.3, -0.25) is 4.57 Å². The molecule has 1 aliphatic rings. The van der Waals surface area contributed by atoms with E-state index in [1.807, 2.05) is 36.4 Å². The second-order valence-electron chi connectivity index (χ2n) is 18.1. The maximum absolute atomic E-state index is 5.28. The molecule has 0 saturated carbocycles. The van der Waals surface area contributed by atoms with Gasteiger partial charge in [-0.15, -0.1) is 0 Å². The van der Waals surface area contributed by atoms with Crippen LogP contribution in [0.25, 0.3) is 88.8 Å². The van der Waals surface area contributed by atoms with Gasteiger partial charge in [-0.05, 0) is 81.0 Å². The van der Waals surface area contributed by atoms with E-state index in [-0.39, 0.29) is 16.2 Å². The lowest BCUT2D eigenvalue weighted by atomic mass is 9.51. The van der Waals surface area contributed by atoms with Crippen LogP contribution in [-0.2, 0) is 10.8 Å². The highest BCUT2D eigenvalue weighted by Gasteiger charge is 2.49. The summed E-state index contributed by atoms with van der Waals surface area (Å²) in [5, 5.41) is 7.21. The summed E-state index contributed by atoms with van der Waals surface area (Å²) in [7, 11) is 0. The van der Waals surface area contributed by atoms with Crippen LogP contribution in [0.15, 0.2) is 152 Å². The van der Waals surface area contributed by atoms with E-state index in [1.165, 1.54) is 54.6 Å². The Balaban J connectivity index is 1.26. The molecule has 0 fully saturated rings. The standard InChI is InChI=1S/C53H45N5/c1-51(2)32-52(3,4)53(5,6)41-27-26-36(29-42(41)51)57-43-24-16-15-23-38(43)39-30-40-46(31-45(39)57)58(44-28-25-33-17-13-14-22-37(33)47(40)44)50-55-48(34-18-9-7-10-19-34)54-49(56-50)35-20-11-8-12-21-35/h7-31H,32H2,1-6H3. The van der Waals surface area contributed by atoms with Gasteiger partial charge in [0.05, 0.1) is 22.1 Å². The van der Waals surface area contributed by atoms with Crippen molar-refractivity contribution in [3.63, 3.8) is 0 Å². The van der Waals surface area contributed by atoms with Crippen molar-refractivity contribution >= 4 is 54.4 Å². The van der Waals surface area contributed by atoms with Crippen molar-refractivity contribution in [1.29, 1.82) is 0 Å². The molecule has 0 radical (unpaired) electrons. The van der Waals surface area contributed by atoms with Crippen molar-refractivity contribution in [2.75, 3.05) is 0 Å². The van der Waals surface area contributed by atoms with Crippen LogP contribution in [0.1, 0.15) is 59.1 Å². The zero-order valence-electron chi connectivity index (χ0n) is 33.9. The van der Waals surface area contributed by atoms with Gasteiger partial charge in [0.1, 0.15) is 0 Å². The molecule has 7 aromatic carbocycles. The van der Waals surface area contributed by atoms with Crippen LogP contribution in [0, 0.1) is 5.41 Å². The van der Waals surface area contributed by atoms with Gasteiger partial charge in [-0.2, -0.15) is 9.97 Å². The molecule has 0 bridgehead atoms. The molecule has 3 aromatic heterocycles. The lowest BCUT2D eigenvalue weighted by Crippen LogP contribution is -2.47. The summed E-state index contributed by atoms with van der Waals surface area (Å²) in [6.07, 6.45) is 1.12. The number of rotatable bonds is 4. The normalized spacial score (nSPS) is 15.8. The maximum Gasteiger partial charge on any atom is 0.238 e. The lowest BCUT2D eigenvalue weighted by molar-refractivity contribution is 0.119. The van der Waals surface area contributed by atoms with E-state index in [1.54, 1.807) is 0 Å². The largest absolute Gasteiger partial charge is 0.309 e. The number of nitrogens with zero attached hydrogens (tertiary/aromatic N) is 5. The first-order chi connectivity index (χ1) is 28.0.